The van der Waals surface area contributed by atoms with Crippen LogP contribution in [-0.4, -0.2) is 27.3 Å². The zero-order valence-corrected chi connectivity index (χ0v) is 11.7. The van der Waals surface area contributed by atoms with Crippen LogP contribution in [-0.2, 0) is 11.3 Å². The van der Waals surface area contributed by atoms with Crippen LogP contribution in [0.1, 0.15) is 44.1 Å². The molecule has 1 fully saturated rings. The van der Waals surface area contributed by atoms with Crippen molar-refractivity contribution in [1.82, 2.24) is 14.9 Å². The van der Waals surface area contributed by atoms with Crippen molar-refractivity contribution in [3.63, 3.8) is 0 Å². The van der Waals surface area contributed by atoms with Gasteiger partial charge in [0.2, 0.25) is 5.91 Å². The molecule has 0 saturated carbocycles. The van der Waals surface area contributed by atoms with Gasteiger partial charge in [-0.3, -0.25) is 4.79 Å². The van der Waals surface area contributed by atoms with Gasteiger partial charge in [0.15, 0.2) is 0 Å². The Morgan fingerprint density at radius 1 is 1.42 bits per heavy atom. The predicted molar refractivity (Wildman–Crippen MR) is 74.2 cm³/mol. The summed E-state index contributed by atoms with van der Waals surface area (Å²) in [5.41, 5.74) is 6.56. The minimum absolute atomic E-state index is 0.208. The number of rotatable bonds is 3. The van der Waals surface area contributed by atoms with E-state index in [0.717, 1.165) is 31.5 Å². The molecule has 5 heteroatoms. The van der Waals surface area contributed by atoms with E-state index < -0.39 is 0 Å². The molecule has 0 aromatic carbocycles. The van der Waals surface area contributed by atoms with Crippen molar-refractivity contribution >= 4 is 11.7 Å². The van der Waals surface area contributed by atoms with Gasteiger partial charge in [-0.25, -0.2) is 9.97 Å². The third-order valence-electron chi connectivity index (χ3n) is 3.76. The highest BCUT2D eigenvalue weighted by Crippen LogP contribution is 2.21. The summed E-state index contributed by atoms with van der Waals surface area (Å²) in [6, 6.07) is 1.74. The number of anilines is 1. The Balaban J connectivity index is 2.06. The third-order valence-corrected chi connectivity index (χ3v) is 3.76. The van der Waals surface area contributed by atoms with Crippen LogP contribution in [0.5, 0.6) is 0 Å². The van der Waals surface area contributed by atoms with Crippen LogP contribution in [0.2, 0.25) is 0 Å². The molecule has 0 aliphatic carbocycles. The highest BCUT2D eigenvalue weighted by atomic mass is 16.2. The summed E-state index contributed by atoms with van der Waals surface area (Å²) < 4.78 is 0. The topological polar surface area (TPSA) is 72.1 Å². The Labute approximate surface area is 114 Å². The number of amides is 1. The van der Waals surface area contributed by atoms with Gasteiger partial charge in [0, 0.05) is 24.7 Å². The molecule has 1 aromatic rings. The minimum Gasteiger partial charge on any atom is -0.384 e. The molecule has 19 heavy (non-hydrogen) atoms. The summed E-state index contributed by atoms with van der Waals surface area (Å²) in [5.74, 6) is 1.98. The minimum atomic E-state index is 0.208. The Hall–Kier alpha value is -1.65. The maximum absolute atomic E-state index is 12.1. The van der Waals surface area contributed by atoms with E-state index in [1.165, 1.54) is 0 Å². The fraction of sp³-hybridized carbons (Fsp3) is 0.643. The third kappa shape index (κ3) is 3.66. The van der Waals surface area contributed by atoms with E-state index in [0.29, 0.717) is 30.5 Å². The van der Waals surface area contributed by atoms with E-state index in [1.54, 1.807) is 6.07 Å². The Kier molecular flexibility index (Phi) is 4.35. The lowest BCUT2D eigenvalue weighted by molar-refractivity contribution is -0.131. The highest BCUT2D eigenvalue weighted by molar-refractivity contribution is 5.76. The summed E-state index contributed by atoms with van der Waals surface area (Å²) in [4.78, 5) is 22.5. The maximum Gasteiger partial charge on any atom is 0.222 e. The number of carbonyl (C=O) groups excluding carboxylic acids is 1. The predicted octanol–water partition coefficient (Wildman–Crippen LogP) is 1.91. The van der Waals surface area contributed by atoms with Crippen molar-refractivity contribution in [2.75, 3.05) is 12.3 Å². The molecule has 2 rings (SSSR count). The van der Waals surface area contributed by atoms with E-state index in [4.69, 9.17) is 5.73 Å². The van der Waals surface area contributed by atoms with E-state index in [1.807, 2.05) is 11.8 Å². The van der Waals surface area contributed by atoms with E-state index in [9.17, 15) is 4.79 Å². The van der Waals surface area contributed by atoms with Crippen LogP contribution in [0.15, 0.2) is 6.07 Å². The van der Waals surface area contributed by atoms with Crippen LogP contribution < -0.4 is 5.73 Å². The average molecular weight is 262 g/mol. The SMILES string of the molecule is CCC1CCC(=O)N(Cc2nc(C)cc(N)n2)CC1. The maximum atomic E-state index is 12.1. The molecule has 1 atom stereocenters. The quantitative estimate of drug-likeness (QED) is 0.903. The van der Waals surface area contributed by atoms with Crippen molar-refractivity contribution in [2.24, 2.45) is 5.92 Å². The number of likely N-dealkylation sites (tertiary alicyclic amines) is 1. The number of nitrogen functional groups attached to an aromatic ring is 1. The first kappa shape index (κ1) is 13.8. The van der Waals surface area contributed by atoms with Gasteiger partial charge in [-0.05, 0) is 25.7 Å². The van der Waals surface area contributed by atoms with Gasteiger partial charge in [0.1, 0.15) is 11.6 Å². The second kappa shape index (κ2) is 5.99. The number of hydrogen-bond acceptors (Lipinski definition) is 4. The highest BCUT2D eigenvalue weighted by Gasteiger charge is 2.22. The average Bonchev–Trinajstić information content (AvgIpc) is 2.51. The zero-order chi connectivity index (χ0) is 13.8. The summed E-state index contributed by atoms with van der Waals surface area (Å²) in [7, 11) is 0. The lowest BCUT2D eigenvalue weighted by Crippen LogP contribution is -2.30. The first-order chi connectivity index (χ1) is 9.08. The molecule has 0 spiro atoms. The summed E-state index contributed by atoms with van der Waals surface area (Å²) in [5, 5.41) is 0. The Bertz CT molecular complexity index is 441. The number of hydrogen-bond donors (Lipinski definition) is 1. The smallest absolute Gasteiger partial charge is 0.222 e. The van der Waals surface area contributed by atoms with Crippen LogP contribution >= 0.6 is 0 Å². The molecule has 0 bridgehead atoms. The van der Waals surface area contributed by atoms with Crippen LogP contribution in [0, 0.1) is 12.8 Å². The second-order valence-electron chi connectivity index (χ2n) is 5.27. The molecule has 1 amide bonds. The van der Waals surface area contributed by atoms with E-state index in [-0.39, 0.29) is 5.91 Å². The molecule has 1 aromatic heterocycles. The zero-order valence-electron chi connectivity index (χ0n) is 11.7. The van der Waals surface area contributed by atoms with Gasteiger partial charge < -0.3 is 10.6 Å². The Morgan fingerprint density at radius 2 is 2.21 bits per heavy atom. The van der Waals surface area contributed by atoms with Crippen LogP contribution in [0.25, 0.3) is 0 Å². The summed E-state index contributed by atoms with van der Waals surface area (Å²) in [6.07, 6.45) is 3.86. The molecule has 1 aliphatic rings. The molecular weight excluding hydrogens is 240 g/mol. The standard InChI is InChI=1S/C14H22N4O/c1-3-11-4-5-14(19)18(7-6-11)9-13-16-10(2)8-12(15)17-13/h8,11H,3-7,9H2,1-2H3,(H2,15,16,17). The molecule has 2 heterocycles. The molecule has 1 saturated heterocycles. The lowest BCUT2D eigenvalue weighted by atomic mass is 9.98. The van der Waals surface area contributed by atoms with Gasteiger partial charge in [0.25, 0.3) is 0 Å². The molecule has 2 N–H and O–H groups in total. The molecule has 1 unspecified atom stereocenters. The summed E-state index contributed by atoms with van der Waals surface area (Å²) >= 11 is 0. The number of nitrogens with zero attached hydrogens (tertiary/aromatic N) is 3. The molecule has 1 aliphatic heterocycles. The van der Waals surface area contributed by atoms with E-state index >= 15 is 0 Å². The Morgan fingerprint density at radius 3 is 2.89 bits per heavy atom. The molecule has 0 radical (unpaired) electrons. The fourth-order valence-electron chi connectivity index (χ4n) is 2.57. The molecule has 104 valence electrons. The first-order valence-corrected chi connectivity index (χ1v) is 6.96. The summed E-state index contributed by atoms with van der Waals surface area (Å²) in [6.45, 7) is 5.35. The van der Waals surface area contributed by atoms with Crippen LogP contribution in [0.3, 0.4) is 0 Å². The lowest BCUT2D eigenvalue weighted by Gasteiger charge is -2.20. The normalized spacial score (nSPS) is 20.4. The van der Waals surface area contributed by atoms with Crippen molar-refractivity contribution < 1.29 is 4.79 Å². The molecular formula is C14H22N4O. The number of carbonyl (C=O) groups is 1. The van der Waals surface area contributed by atoms with Crippen molar-refractivity contribution in [3.05, 3.63) is 17.6 Å². The number of aryl methyl sites for hydroxylation is 1. The second-order valence-corrected chi connectivity index (χ2v) is 5.27. The molecule has 5 nitrogen and oxygen atoms in total. The van der Waals surface area contributed by atoms with Crippen LogP contribution in [0.4, 0.5) is 5.82 Å². The van der Waals surface area contributed by atoms with Gasteiger partial charge in [-0.1, -0.05) is 13.3 Å². The van der Waals surface area contributed by atoms with Gasteiger partial charge >= 0.3 is 0 Å². The van der Waals surface area contributed by atoms with Crippen molar-refractivity contribution in [3.8, 4) is 0 Å². The number of aromatic nitrogens is 2. The van der Waals surface area contributed by atoms with Gasteiger partial charge in [-0.2, -0.15) is 0 Å². The van der Waals surface area contributed by atoms with Crippen molar-refractivity contribution in [1.29, 1.82) is 0 Å². The fourth-order valence-corrected chi connectivity index (χ4v) is 2.57. The number of nitrogens with two attached hydrogens (primary N) is 1. The largest absolute Gasteiger partial charge is 0.384 e. The first-order valence-electron chi connectivity index (χ1n) is 6.96. The monoisotopic (exact) mass is 262 g/mol. The van der Waals surface area contributed by atoms with E-state index in [2.05, 4.69) is 16.9 Å². The van der Waals surface area contributed by atoms with Gasteiger partial charge in [0.05, 0.1) is 6.54 Å². The van der Waals surface area contributed by atoms with Crippen molar-refractivity contribution in [2.45, 2.75) is 46.1 Å². The van der Waals surface area contributed by atoms with Gasteiger partial charge in [-0.15, -0.1) is 0 Å².